The minimum absolute atomic E-state index is 0.485. The Morgan fingerprint density at radius 2 is 2.14 bits per heavy atom. The summed E-state index contributed by atoms with van der Waals surface area (Å²) >= 11 is 7.10. The molecule has 1 nitrogen and oxygen atoms in total. The van der Waals surface area contributed by atoms with Gasteiger partial charge in [-0.1, -0.05) is 54.3 Å². The summed E-state index contributed by atoms with van der Waals surface area (Å²) in [5, 5.41) is 0. The fraction of sp³-hybridized carbons (Fsp3) is 0.364. The Kier molecular flexibility index (Phi) is 3.08. The van der Waals surface area contributed by atoms with Gasteiger partial charge >= 0.3 is 0 Å². The molecular weight excluding hydrogens is 210 g/mol. The quantitative estimate of drug-likeness (QED) is 0.709. The number of hydrogen-bond acceptors (Lipinski definition) is 2. The molecule has 0 radical (unpaired) electrons. The second kappa shape index (κ2) is 4.32. The third-order valence-corrected chi connectivity index (χ3v) is 4.05. The Morgan fingerprint density at radius 3 is 2.79 bits per heavy atom. The van der Waals surface area contributed by atoms with E-state index in [4.69, 9.17) is 12.2 Å². The summed E-state index contributed by atoms with van der Waals surface area (Å²) in [5.74, 6) is 1.09. The largest absolute Gasteiger partial charge is 0.350 e. The van der Waals surface area contributed by atoms with E-state index in [0.29, 0.717) is 6.04 Å². The fourth-order valence-corrected chi connectivity index (χ4v) is 3.31. The first-order valence-corrected chi connectivity index (χ1v) is 6.20. The predicted molar refractivity (Wildman–Crippen MR) is 66.6 cm³/mol. The lowest BCUT2D eigenvalue weighted by atomic mass is 10.1. The van der Waals surface area contributed by atoms with Crippen LogP contribution < -0.4 is 0 Å². The zero-order chi connectivity index (χ0) is 9.97. The van der Waals surface area contributed by atoms with Crippen molar-refractivity contribution in [2.75, 3.05) is 12.3 Å². The molecule has 1 saturated heterocycles. The van der Waals surface area contributed by atoms with Gasteiger partial charge in [-0.2, -0.15) is 0 Å². The van der Waals surface area contributed by atoms with Crippen molar-refractivity contribution >= 4 is 28.3 Å². The standard InChI is InChI=1S/C11H13NS2/c1-2-12-10(8-14-11(12)13)9-6-4-3-5-7-9/h3-7,10H,2,8H2,1H3. The van der Waals surface area contributed by atoms with Gasteiger partial charge in [-0.25, -0.2) is 0 Å². The molecule has 0 saturated carbocycles. The van der Waals surface area contributed by atoms with Gasteiger partial charge in [0, 0.05) is 12.3 Å². The Labute approximate surface area is 94.5 Å². The van der Waals surface area contributed by atoms with E-state index in [1.54, 1.807) is 11.8 Å². The molecule has 1 fully saturated rings. The first kappa shape index (κ1) is 9.99. The highest BCUT2D eigenvalue weighted by Gasteiger charge is 2.28. The van der Waals surface area contributed by atoms with E-state index in [0.717, 1.165) is 16.6 Å². The van der Waals surface area contributed by atoms with Crippen molar-refractivity contribution < 1.29 is 0 Å². The van der Waals surface area contributed by atoms with E-state index < -0.39 is 0 Å². The van der Waals surface area contributed by atoms with Gasteiger partial charge < -0.3 is 4.90 Å². The van der Waals surface area contributed by atoms with Gasteiger partial charge in [0.2, 0.25) is 0 Å². The van der Waals surface area contributed by atoms with Gasteiger partial charge in [-0.05, 0) is 12.5 Å². The van der Waals surface area contributed by atoms with Gasteiger partial charge in [-0.15, -0.1) is 0 Å². The van der Waals surface area contributed by atoms with Gasteiger partial charge in [0.25, 0.3) is 0 Å². The number of hydrogen-bond donors (Lipinski definition) is 0. The second-order valence-corrected chi connectivity index (χ2v) is 4.94. The summed E-state index contributed by atoms with van der Waals surface area (Å²) in [6.07, 6.45) is 0. The molecule has 74 valence electrons. The Morgan fingerprint density at radius 1 is 1.43 bits per heavy atom. The Bertz CT molecular complexity index is 323. The van der Waals surface area contributed by atoms with Gasteiger partial charge in [-0.3, -0.25) is 0 Å². The van der Waals surface area contributed by atoms with Crippen molar-refractivity contribution in [1.82, 2.24) is 4.90 Å². The van der Waals surface area contributed by atoms with Crippen molar-refractivity contribution in [2.45, 2.75) is 13.0 Å². The van der Waals surface area contributed by atoms with Crippen molar-refractivity contribution in [3.05, 3.63) is 35.9 Å². The minimum Gasteiger partial charge on any atom is -0.350 e. The molecule has 14 heavy (non-hydrogen) atoms. The highest BCUT2D eigenvalue weighted by atomic mass is 32.2. The third kappa shape index (κ3) is 1.79. The van der Waals surface area contributed by atoms with Crippen LogP contribution in [0.25, 0.3) is 0 Å². The normalized spacial score (nSPS) is 21.6. The molecule has 1 aromatic carbocycles. The molecule has 1 aromatic rings. The number of thiocarbonyl (C=S) groups is 1. The molecule has 0 bridgehead atoms. The SMILES string of the molecule is CCN1C(=S)SCC1c1ccccc1. The average Bonchev–Trinajstić information content (AvgIpc) is 2.61. The van der Waals surface area contributed by atoms with Crippen molar-refractivity contribution in [3.63, 3.8) is 0 Å². The van der Waals surface area contributed by atoms with Gasteiger partial charge in [0.05, 0.1) is 6.04 Å². The van der Waals surface area contributed by atoms with Crippen LogP contribution in [0.3, 0.4) is 0 Å². The minimum atomic E-state index is 0.485. The zero-order valence-corrected chi connectivity index (χ0v) is 9.78. The number of nitrogens with zero attached hydrogens (tertiary/aromatic N) is 1. The van der Waals surface area contributed by atoms with Crippen LogP contribution in [0.5, 0.6) is 0 Å². The lowest BCUT2D eigenvalue weighted by molar-refractivity contribution is 0.381. The Hall–Kier alpha value is -0.540. The molecule has 1 aliphatic rings. The predicted octanol–water partition coefficient (Wildman–Crippen LogP) is 3.08. The van der Waals surface area contributed by atoms with Crippen LogP contribution in [0, 0.1) is 0 Å². The maximum Gasteiger partial charge on any atom is 0.136 e. The number of rotatable bonds is 2. The molecule has 0 amide bonds. The van der Waals surface area contributed by atoms with Crippen LogP contribution >= 0.6 is 24.0 Å². The fourth-order valence-electron chi connectivity index (χ4n) is 1.75. The van der Waals surface area contributed by atoms with Crippen LogP contribution in [-0.2, 0) is 0 Å². The summed E-state index contributed by atoms with van der Waals surface area (Å²) in [7, 11) is 0. The average molecular weight is 223 g/mol. The molecule has 3 heteroatoms. The first-order valence-electron chi connectivity index (χ1n) is 4.81. The summed E-state index contributed by atoms with van der Waals surface area (Å²) in [6.45, 7) is 3.17. The van der Waals surface area contributed by atoms with Gasteiger partial charge in [0.1, 0.15) is 4.32 Å². The Balaban J connectivity index is 2.23. The highest BCUT2D eigenvalue weighted by molar-refractivity contribution is 8.23. The van der Waals surface area contributed by atoms with Crippen molar-refractivity contribution in [1.29, 1.82) is 0 Å². The van der Waals surface area contributed by atoms with Crippen LogP contribution in [0.4, 0.5) is 0 Å². The van der Waals surface area contributed by atoms with Gasteiger partial charge in [0.15, 0.2) is 0 Å². The molecule has 1 heterocycles. The van der Waals surface area contributed by atoms with E-state index in [-0.39, 0.29) is 0 Å². The first-order chi connectivity index (χ1) is 6.83. The molecule has 1 atom stereocenters. The van der Waals surface area contributed by atoms with Crippen LogP contribution in [0.1, 0.15) is 18.5 Å². The topological polar surface area (TPSA) is 3.24 Å². The lowest BCUT2D eigenvalue weighted by Crippen LogP contribution is -2.26. The lowest BCUT2D eigenvalue weighted by Gasteiger charge is -2.23. The molecule has 2 rings (SSSR count). The van der Waals surface area contributed by atoms with E-state index >= 15 is 0 Å². The molecule has 0 aliphatic carbocycles. The molecule has 0 aromatic heterocycles. The van der Waals surface area contributed by atoms with Crippen molar-refractivity contribution in [3.8, 4) is 0 Å². The maximum atomic E-state index is 5.31. The molecule has 1 unspecified atom stereocenters. The smallest absolute Gasteiger partial charge is 0.136 e. The summed E-state index contributed by atoms with van der Waals surface area (Å²) in [5.41, 5.74) is 1.38. The molecule has 1 aliphatic heterocycles. The van der Waals surface area contributed by atoms with E-state index in [2.05, 4.69) is 42.2 Å². The van der Waals surface area contributed by atoms with Crippen LogP contribution in [0.2, 0.25) is 0 Å². The van der Waals surface area contributed by atoms with E-state index in [1.807, 2.05) is 0 Å². The highest BCUT2D eigenvalue weighted by Crippen LogP contribution is 2.34. The molecule has 0 spiro atoms. The zero-order valence-electron chi connectivity index (χ0n) is 8.14. The maximum absolute atomic E-state index is 5.31. The molecule has 0 N–H and O–H groups in total. The summed E-state index contributed by atoms with van der Waals surface area (Å²) < 4.78 is 1.04. The van der Waals surface area contributed by atoms with Crippen LogP contribution in [0.15, 0.2) is 30.3 Å². The van der Waals surface area contributed by atoms with Crippen LogP contribution in [-0.4, -0.2) is 21.5 Å². The summed E-state index contributed by atoms with van der Waals surface area (Å²) in [6, 6.07) is 11.1. The summed E-state index contributed by atoms with van der Waals surface area (Å²) in [4.78, 5) is 2.30. The third-order valence-electron chi connectivity index (χ3n) is 2.50. The molecular formula is C11H13NS2. The number of benzene rings is 1. The van der Waals surface area contributed by atoms with E-state index in [1.165, 1.54) is 5.56 Å². The van der Waals surface area contributed by atoms with E-state index in [9.17, 15) is 0 Å². The number of thioether (sulfide) groups is 1. The van der Waals surface area contributed by atoms with Crippen molar-refractivity contribution in [2.24, 2.45) is 0 Å². The second-order valence-electron chi connectivity index (χ2n) is 3.29. The monoisotopic (exact) mass is 223 g/mol.